The van der Waals surface area contributed by atoms with E-state index in [1.165, 1.54) is 5.56 Å². The third kappa shape index (κ3) is 3.13. The summed E-state index contributed by atoms with van der Waals surface area (Å²) < 4.78 is 8.26. The van der Waals surface area contributed by atoms with Crippen LogP contribution in [0.1, 0.15) is 34.1 Å². The minimum atomic E-state index is -0.519. The number of fused-ring (bicyclic) bond motifs is 2. The summed E-state index contributed by atoms with van der Waals surface area (Å²) in [4.78, 5) is 14.2. The number of hydrogen-bond donors (Lipinski definition) is 0. The minimum absolute atomic E-state index is 0.0725. The molecule has 3 aromatic rings. The smallest absolute Gasteiger partial charge is 0.158 e. The van der Waals surface area contributed by atoms with Crippen LogP contribution in [0.2, 0.25) is 5.02 Å². The van der Waals surface area contributed by atoms with Crippen LogP contribution in [0.5, 0.6) is 0 Å². The molecule has 164 valence electrons. The molecule has 0 N–H and O–H groups in total. The van der Waals surface area contributed by atoms with Crippen LogP contribution >= 0.6 is 11.6 Å². The second kappa shape index (κ2) is 7.52. The van der Waals surface area contributed by atoms with Crippen LogP contribution in [-0.4, -0.2) is 64.2 Å². The van der Waals surface area contributed by atoms with Crippen molar-refractivity contribution in [3.8, 4) is 0 Å². The van der Waals surface area contributed by atoms with Crippen molar-refractivity contribution in [3.63, 3.8) is 0 Å². The van der Waals surface area contributed by atoms with Crippen LogP contribution in [0.25, 0.3) is 11.6 Å². The quantitative estimate of drug-likeness (QED) is 0.574. The maximum atomic E-state index is 6.56. The zero-order valence-corrected chi connectivity index (χ0v) is 19.1. The Morgan fingerprint density at radius 2 is 1.94 bits per heavy atom. The van der Waals surface area contributed by atoms with E-state index in [4.69, 9.17) is 21.3 Å². The van der Waals surface area contributed by atoms with Gasteiger partial charge in [-0.1, -0.05) is 23.7 Å². The normalized spacial score (nSPS) is 25.6. The fourth-order valence-electron chi connectivity index (χ4n) is 5.20. The molecule has 7 heteroatoms. The molecule has 0 amide bonds. The van der Waals surface area contributed by atoms with E-state index >= 15 is 0 Å². The number of piperazine rings is 1. The molecule has 0 radical (unpaired) electrons. The van der Waals surface area contributed by atoms with Crippen LogP contribution < -0.4 is 0 Å². The third-order valence-corrected chi connectivity index (χ3v) is 7.27. The number of rotatable bonds is 3. The van der Waals surface area contributed by atoms with E-state index in [-0.39, 0.29) is 6.04 Å². The number of hydrogen-bond acceptors (Lipinski definition) is 5. The molecule has 32 heavy (non-hydrogen) atoms. The summed E-state index contributed by atoms with van der Waals surface area (Å²) in [6.45, 7) is 4.71. The van der Waals surface area contributed by atoms with Crippen LogP contribution in [0, 0.1) is 0 Å². The number of aryl methyl sites for hydroxylation is 1. The summed E-state index contributed by atoms with van der Waals surface area (Å²) in [6.07, 6.45) is 7.90. The van der Waals surface area contributed by atoms with E-state index < -0.39 is 5.60 Å². The van der Waals surface area contributed by atoms with E-state index in [0.717, 1.165) is 59.3 Å². The molecule has 4 heterocycles. The molecular weight excluding hydrogens is 422 g/mol. The van der Waals surface area contributed by atoms with Gasteiger partial charge in [0.25, 0.3) is 0 Å². The van der Waals surface area contributed by atoms with Gasteiger partial charge in [0.05, 0.1) is 36.6 Å². The number of likely N-dealkylation sites (N-methyl/N-ethyl adjacent to an activating group) is 1. The lowest BCUT2D eigenvalue weighted by molar-refractivity contribution is 0.125. The molecule has 0 bridgehead atoms. The molecule has 1 aromatic carbocycles. The standard InChI is InChI=1S/C25H26ClN5O/c1-29-8-10-31(11-9-29)24-19-6-5-18(26)13-20(19)21(12-17-4-3-7-28-23(17)24)25(15-32-25)22-14-27-16-30(22)2/h3-7,12-14,16,24H,8-11,15H2,1-2H3/t24-,25?/m0/s1. The highest BCUT2D eigenvalue weighted by molar-refractivity contribution is 6.30. The molecule has 2 aromatic heterocycles. The van der Waals surface area contributed by atoms with Gasteiger partial charge in [-0.3, -0.25) is 9.88 Å². The summed E-state index contributed by atoms with van der Waals surface area (Å²) in [5.74, 6) is 0. The number of halogens is 1. The lowest BCUT2D eigenvalue weighted by atomic mass is 9.86. The second-order valence-corrected chi connectivity index (χ2v) is 9.45. The van der Waals surface area contributed by atoms with E-state index in [1.54, 1.807) is 0 Å². The van der Waals surface area contributed by atoms with Crippen molar-refractivity contribution < 1.29 is 4.74 Å². The predicted molar refractivity (Wildman–Crippen MR) is 125 cm³/mol. The molecule has 6 rings (SSSR count). The molecule has 2 atom stereocenters. The maximum absolute atomic E-state index is 6.56. The van der Waals surface area contributed by atoms with Crippen molar-refractivity contribution in [2.75, 3.05) is 39.8 Å². The average molecular weight is 448 g/mol. The van der Waals surface area contributed by atoms with Crippen molar-refractivity contribution in [2.24, 2.45) is 7.05 Å². The molecule has 0 spiro atoms. The van der Waals surface area contributed by atoms with Crippen molar-refractivity contribution >= 4 is 23.3 Å². The Morgan fingerprint density at radius 3 is 2.66 bits per heavy atom. The van der Waals surface area contributed by atoms with E-state index in [1.807, 2.05) is 42.5 Å². The Labute approximate surface area is 193 Å². The minimum Gasteiger partial charge on any atom is -0.358 e. The molecule has 2 aliphatic heterocycles. The lowest BCUT2D eigenvalue weighted by Crippen LogP contribution is -2.46. The van der Waals surface area contributed by atoms with Crippen LogP contribution in [0.4, 0.5) is 0 Å². The largest absolute Gasteiger partial charge is 0.358 e. The van der Waals surface area contributed by atoms with Crippen molar-refractivity contribution in [2.45, 2.75) is 11.6 Å². The fourth-order valence-corrected chi connectivity index (χ4v) is 5.38. The maximum Gasteiger partial charge on any atom is 0.158 e. The summed E-state index contributed by atoms with van der Waals surface area (Å²) in [5, 5.41) is 0.728. The van der Waals surface area contributed by atoms with Gasteiger partial charge in [-0.25, -0.2) is 4.98 Å². The first-order valence-electron chi connectivity index (χ1n) is 11.1. The lowest BCUT2D eigenvalue weighted by Gasteiger charge is -2.38. The first-order chi connectivity index (χ1) is 15.6. The SMILES string of the molecule is CN1CCN([C@H]2c3ccc(Cl)cc3C(C3(c4cncn4C)CO3)=Cc3cccnc32)CC1. The van der Waals surface area contributed by atoms with Crippen molar-refractivity contribution in [3.05, 3.63) is 82.2 Å². The van der Waals surface area contributed by atoms with Gasteiger partial charge >= 0.3 is 0 Å². The number of ether oxygens (including phenoxy) is 1. The van der Waals surface area contributed by atoms with Gasteiger partial charge in [0.15, 0.2) is 5.60 Å². The first-order valence-corrected chi connectivity index (χ1v) is 11.4. The molecule has 2 saturated heterocycles. The van der Waals surface area contributed by atoms with E-state index in [2.05, 4.69) is 46.1 Å². The Kier molecular flexibility index (Phi) is 4.73. The molecule has 1 aliphatic carbocycles. The third-order valence-electron chi connectivity index (χ3n) is 7.03. The van der Waals surface area contributed by atoms with Gasteiger partial charge in [0, 0.05) is 50.0 Å². The molecule has 2 fully saturated rings. The van der Waals surface area contributed by atoms with Crippen molar-refractivity contribution in [1.82, 2.24) is 24.3 Å². The number of epoxide rings is 1. The number of nitrogens with zero attached hydrogens (tertiary/aromatic N) is 5. The number of imidazole rings is 1. The van der Waals surface area contributed by atoms with Gasteiger partial charge in [-0.05, 0) is 48.0 Å². The van der Waals surface area contributed by atoms with Gasteiger partial charge in [-0.2, -0.15) is 0 Å². The average Bonchev–Trinajstić information content (AvgIpc) is 3.50. The Bertz CT molecular complexity index is 1210. The molecule has 1 unspecified atom stereocenters. The van der Waals surface area contributed by atoms with Gasteiger partial charge < -0.3 is 14.2 Å². The summed E-state index contributed by atoms with van der Waals surface area (Å²) in [6, 6.07) is 10.5. The van der Waals surface area contributed by atoms with Crippen LogP contribution in [0.3, 0.4) is 0 Å². The zero-order chi connectivity index (χ0) is 21.9. The Balaban J connectivity index is 1.58. The fraction of sp³-hybridized carbons (Fsp3) is 0.360. The molecule has 0 saturated carbocycles. The highest BCUT2D eigenvalue weighted by atomic mass is 35.5. The Morgan fingerprint density at radius 1 is 1.12 bits per heavy atom. The zero-order valence-electron chi connectivity index (χ0n) is 18.3. The van der Waals surface area contributed by atoms with Crippen LogP contribution in [-0.2, 0) is 17.4 Å². The number of aromatic nitrogens is 3. The summed E-state index contributed by atoms with van der Waals surface area (Å²) >= 11 is 6.56. The first kappa shape index (κ1) is 20.1. The van der Waals surface area contributed by atoms with Gasteiger partial charge in [-0.15, -0.1) is 0 Å². The number of pyridine rings is 1. The van der Waals surface area contributed by atoms with E-state index in [0.29, 0.717) is 6.61 Å². The molecular formula is C25H26ClN5O. The monoisotopic (exact) mass is 447 g/mol. The molecule has 3 aliphatic rings. The predicted octanol–water partition coefficient (Wildman–Crippen LogP) is 3.59. The second-order valence-electron chi connectivity index (χ2n) is 9.01. The van der Waals surface area contributed by atoms with E-state index in [9.17, 15) is 0 Å². The van der Waals surface area contributed by atoms with Crippen molar-refractivity contribution in [1.29, 1.82) is 0 Å². The summed E-state index contributed by atoms with van der Waals surface area (Å²) in [5.41, 5.74) is 6.27. The topological polar surface area (TPSA) is 49.7 Å². The van der Waals surface area contributed by atoms with Gasteiger partial charge in [0.2, 0.25) is 0 Å². The van der Waals surface area contributed by atoms with Gasteiger partial charge in [0.1, 0.15) is 0 Å². The number of benzene rings is 1. The summed E-state index contributed by atoms with van der Waals surface area (Å²) in [7, 11) is 4.20. The highest BCUT2D eigenvalue weighted by Gasteiger charge is 2.53. The highest BCUT2D eigenvalue weighted by Crippen LogP contribution is 2.54. The van der Waals surface area contributed by atoms with Crippen LogP contribution in [0.15, 0.2) is 49.1 Å². The Hall–Kier alpha value is -2.51. The molecule has 6 nitrogen and oxygen atoms in total.